The summed E-state index contributed by atoms with van der Waals surface area (Å²) in [5.74, 6) is -1.59. The van der Waals surface area contributed by atoms with E-state index < -0.39 is 36.0 Å². The number of hydrogen-bond acceptors (Lipinski definition) is 7. The van der Waals surface area contributed by atoms with Gasteiger partial charge in [-0.25, -0.2) is 4.79 Å². The number of amides is 3. The third-order valence-corrected chi connectivity index (χ3v) is 10.9. The Balaban J connectivity index is 0.994. The molecule has 6 aromatic carbocycles. The van der Waals surface area contributed by atoms with Crippen LogP contribution >= 0.6 is 11.6 Å². The molecular formula is C48H37ClN4O7. The maximum Gasteiger partial charge on any atom is 0.326 e. The summed E-state index contributed by atoms with van der Waals surface area (Å²) in [6.07, 6.45) is -0.887. The lowest BCUT2D eigenvalue weighted by Gasteiger charge is -2.37. The van der Waals surface area contributed by atoms with E-state index in [-0.39, 0.29) is 25.3 Å². The van der Waals surface area contributed by atoms with Gasteiger partial charge in [-0.15, -0.1) is 0 Å². The normalized spacial score (nSPS) is 15.9. The van der Waals surface area contributed by atoms with Crippen LogP contribution in [0.15, 0.2) is 140 Å². The third-order valence-electron chi connectivity index (χ3n) is 10.6. The Labute approximate surface area is 350 Å². The number of nitrogens with zero attached hydrogens (tertiary/aromatic N) is 2. The molecule has 2 aliphatic rings. The first-order valence-corrected chi connectivity index (χ1v) is 19.6. The predicted octanol–water partition coefficient (Wildman–Crippen LogP) is 7.91. The number of rotatable bonds is 11. The molecule has 60 heavy (non-hydrogen) atoms. The van der Waals surface area contributed by atoms with Crippen LogP contribution in [0.4, 0.5) is 5.69 Å². The molecule has 2 aliphatic heterocycles. The fraction of sp³-hybridized carbons (Fsp3) is 0.146. The summed E-state index contributed by atoms with van der Waals surface area (Å²) in [6.45, 7) is 0.379. The molecule has 0 saturated carbocycles. The van der Waals surface area contributed by atoms with Crippen molar-refractivity contribution in [2.24, 2.45) is 0 Å². The summed E-state index contributed by atoms with van der Waals surface area (Å²) in [4.78, 5) is 55.6. The number of nitrogens with one attached hydrogen (secondary N) is 2. The second-order valence-corrected chi connectivity index (χ2v) is 15.0. The van der Waals surface area contributed by atoms with Gasteiger partial charge in [-0.2, -0.15) is 5.26 Å². The molecule has 298 valence electrons. The number of fused-ring (bicyclic) bond motifs is 2. The minimum Gasteiger partial charge on any atom is -0.489 e. The Kier molecular flexibility index (Phi) is 11.3. The first-order chi connectivity index (χ1) is 29.1. The lowest BCUT2D eigenvalue weighted by atomic mass is 9.91. The molecule has 0 spiro atoms. The van der Waals surface area contributed by atoms with Crippen LogP contribution in [-0.4, -0.2) is 45.8 Å². The highest BCUT2D eigenvalue weighted by Gasteiger charge is 2.39. The highest BCUT2D eigenvalue weighted by atomic mass is 35.5. The zero-order chi connectivity index (χ0) is 41.8. The summed E-state index contributed by atoms with van der Waals surface area (Å²) in [5.41, 5.74) is 6.82. The molecule has 0 radical (unpaired) electrons. The highest BCUT2D eigenvalue weighted by Crippen LogP contribution is 2.40. The fourth-order valence-electron chi connectivity index (χ4n) is 7.36. The number of carbonyl (C=O) groups is 4. The van der Waals surface area contributed by atoms with Gasteiger partial charge < -0.3 is 30.1 Å². The van der Waals surface area contributed by atoms with E-state index in [1.165, 1.54) is 4.90 Å². The molecular weight excluding hydrogens is 780 g/mol. The molecule has 8 rings (SSSR count). The van der Waals surface area contributed by atoms with Gasteiger partial charge >= 0.3 is 5.97 Å². The molecule has 3 N–H and O–H groups in total. The van der Waals surface area contributed by atoms with Crippen LogP contribution in [0.1, 0.15) is 49.8 Å². The van der Waals surface area contributed by atoms with Gasteiger partial charge in [0.1, 0.15) is 30.2 Å². The third kappa shape index (κ3) is 8.70. The quantitative estimate of drug-likeness (QED) is 0.119. The number of halogens is 1. The van der Waals surface area contributed by atoms with E-state index in [1.54, 1.807) is 103 Å². The number of aliphatic carboxylic acids is 1. The molecule has 6 aromatic rings. The number of carbonyl (C=O) groups excluding carboxylic acids is 3. The van der Waals surface area contributed by atoms with Crippen LogP contribution in [-0.2, 0) is 40.4 Å². The van der Waals surface area contributed by atoms with Crippen molar-refractivity contribution in [3.63, 3.8) is 0 Å². The summed E-state index contributed by atoms with van der Waals surface area (Å²) in [6, 6.07) is 40.8. The molecule has 12 heteroatoms. The number of ether oxygens (including phenoxy) is 2. The first kappa shape index (κ1) is 39.4. The van der Waals surface area contributed by atoms with Gasteiger partial charge in [-0.3, -0.25) is 14.4 Å². The number of anilines is 1. The topological polar surface area (TPSA) is 158 Å². The van der Waals surface area contributed by atoms with Crippen molar-refractivity contribution in [1.29, 1.82) is 5.26 Å². The van der Waals surface area contributed by atoms with E-state index in [4.69, 9.17) is 26.3 Å². The Morgan fingerprint density at radius 1 is 0.867 bits per heavy atom. The van der Waals surface area contributed by atoms with Gasteiger partial charge in [0.05, 0.1) is 17.3 Å². The summed E-state index contributed by atoms with van der Waals surface area (Å²) < 4.78 is 12.2. The fourth-order valence-corrected chi connectivity index (χ4v) is 7.49. The van der Waals surface area contributed by atoms with Crippen LogP contribution in [0.5, 0.6) is 11.5 Å². The lowest BCUT2D eigenvalue weighted by Crippen LogP contribution is -2.56. The Bertz CT molecular complexity index is 2610. The zero-order valence-corrected chi connectivity index (χ0v) is 32.8. The molecule has 0 saturated heterocycles. The van der Waals surface area contributed by atoms with Crippen molar-refractivity contribution in [3.05, 3.63) is 183 Å². The average Bonchev–Trinajstić information content (AvgIpc) is 3.27. The number of benzene rings is 6. The maximum absolute atomic E-state index is 14.1. The van der Waals surface area contributed by atoms with Crippen LogP contribution in [0, 0.1) is 11.3 Å². The molecule has 1 unspecified atom stereocenters. The zero-order valence-electron chi connectivity index (χ0n) is 32.0. The molecule has 2 heterocycles. The van der Waals surface area contributed by atoms with Crippen molar-refractivity contribution in [3.8, 4) is 28.7 Å². The van der Waals surface area contributed by atoms with Crippen LogP contribution in [0.25, 0.3) is 11.1 Å². The van der Waals surface area contributed by atoms with E-state index >= 15 is 0 Å². The molecule has 11 nitrogen and oxygen atoms in total. The predicted molar refractivity (Wildman–Crippen MR) is 224 cm³/mol. The minimum absolute atomic E-state index is 0.00185. The smallest absolute Gasteiger partial charge is 0.326 e. The van der Waals surface area contributed by atoms with Crippen molar-refractivity contribution in [2.75, 3.05) is 5.32 Å². The van der Waals surface area contributed by atoms with Crippen molar-refractivity contribution < 1.29 is 33.8 Å². The van der Waals surface area contributed by atoms with Gasteiger partial charge in [0.2, 0.25) is 12.0 Å². The van der Waals surface area contributed by atoms with Crippen molar-refractivity contribution in [2.45, 2.75) is 44.2 Å². The summed E-state index contributed by atoms with van der Waals surface area (Å²) in [5, 5.41) is 25.6. The van der Waals surface area contributed by atoms with E-state index in [1.807, 2.05) is 36.4 Å². The lowest BCUT2D eigenvalue weighted by molar-refractivity contribution is -0.142. The SMILES string of the molecule is N#Cc1ccc(-c2ccc(C[C@H](NC(=O)[C@@H]3Cc4cc5c(cc4CN3C(=O)c3ccccc3)OC(c3ccc(OCc4ccc(Cl)cc4)cc3)C(=O)N5)C(=O)O)cc2)cc1. The van der Waals surface area contributed by atoms with Crippen LogP contribution in [0.2, 0.25) is 5.02 Å². The standard InChI is InChI=1S/C48H37ClN4O7/c49-38-18-10-31(11-19-38)28-59-39-20-16-34(17-21-39)44-46(55)51-40-23-36-24-42(53(27-37(36)25-43(40)60-44)47(56)35-4-2-1-3-5-35)45(54)52-41(48(57)58)22-29-6-12-32(13-7-29)33-14-8-30(26-50)9-15-33/h1-21,23,25,41-42,44H,22,24,27-28H2,(H,51,55)(H,52,54)(H,57,58)/t41-,42-,44?/m0/s1. The first-order valence-electron chi connectivity index (χ1n) is 19.2. The van der Waals surface area contributed by atoms with Gasteiger partial charge in [-0.05, 0) is 94.0 Å². The Morgan fingerprint density at radius 2 is 1.53 bits per heavy atom. The van der Waals surface area contributed by atoms with Gasteiger partial charge in [0.15, 0.2) is 0 Å². The largest absolute Gasteiger partial charge is 0.489 e. The molecule has 3 amide bonds. The van der Waals surface area contributed by atoms with Crippen molar-refractivity contribution in [1.82, 2.24) is 10.2 Å². The van der Waals surface area contributed by atoms with Gasteiger partial charge in [0.25, 0.3) is 11.8 Å². The number of carboxylic acids is 1. The van der Waals surface area contributed by atoms with E-state index in [9.17, 15) is 24.3 Å². The summed E-state index contributed by atoms with van der Waals surface area (Å²) >= 11 is 5.99. The van der Waals surface area contributed by atoms with E-state index in [0.717, 1.165) is 22.3 Å². The molecule has 3 atom stereocenters. The van der Waals surface area contributed by atoms with E-state index in [0.29, 0.717) is 56.6 Å². The highest BCUT2D eigenvalue weighted by molar-refractivity contribution is 6.30. The number of nitriles is 1. The Morgan fingerprint density at radius 3 is 2.20 bits per heavy atom. The number of carboxylic acid groups (broad SMARTS) is 1. The van der Waals surface area contributed by atoms with E-state index in [2.05, 4.69) is 16.7 Å². The molecule has 0 fully saturated rings. The second kappa shape index (κ2) is 17.2. The maximum atomic E-state index is 14.1. The summed E-state index contributed by atoms with van der Waals surface area (Å²) in [7, 11) is 0. The average molecular weight is 817 g/mol. The van der Waals surface area contributed by atoms with Gasteiger partial charge in [0, 0.05) is 35.5 Å². The van der Waals surface area contributed by atoms with Crippen LogP contribution in [0.3, 0.4) is 0 Å². The minimum atomic E-state index is -1.29. The number of hydrogen-bond donors (Lipinski definition) is 3. The molecule has 0 aromatic heterocycles. The Hall–Kier alpha value is -7.42. The molecule has 0 bridgehead atoms. The molecule has 0 aliphatic carbocycles. The van der Waals surface area contributed by atoms with Gasteiger partial charge in [-0.1, -0.05) is 90.5 Å². The second-order valence-electron chi connectivity index (χ2n) is 14.6. The van der Waals surface area contributed by atoms with Crippen molar-refractivity contribution >= 4 is 41.0 Å². The monoisotopic (exact) mass is 816 g/mol. The van der Waals surface area contributed by atoms with Crippen LogP contribution < -0.4 is 20.1 Å².